The standard InChI is InChI=1S/C14H22N2O/c1-4-8-14(17)15-13(11-16(2)3)12-9-6-5-7-10-12/h5-7,9-10,13H,4,8,11H2,1-3H3,(H,15,17). The zero-order valence-corrected chi connectivity index (χ0v) is 10.9. The smallest absolute Gasteiger partial charge is 0.220 e. The van der Waals surface area contributed by atoms with E-state index in [2.05, 4.69) is 22.3 Å². The number of rotatable bonds is 6. The van der Waals surface area contributed by atoms with E-state index in [1.54, 1.807) is 0 Å². The lowest BCUT2D eigenvalue weighted by Gasteiger charge is -2.22. The van der Waals surface area contributed by atoms with E-state index in [1.165, 1.54) is 0 Å². The molecule has 1 unspecified atom stereocenters. The van der Waals surface area contributed by atoms with E-state index >= 15 is 0 Å². The van der Waals surface area contributed by atoms with Crippen molar-refractivity contribution in [1.29, 1.82) is 0 Å². The molecule has 0 aromatic heterocycles. The van der Waals surface area contributed by atoms with Gasteiger partial charge in [0.15, 0.2) is 0 Å². The first-order valence-corrected chi connectivity index (χ1v) is 6.12. The highest BCUT2D eigenvalue weighted by atomic mass is 16.1. The van der Waals surface area contributed by atoms with Crippen molar-refractivity contribution in [2.45, 2.75) is 25.8 Å². The number of likely N-dealkylation sites (N-methyl/N-ethyl adjacent to an activating group) is 1. The van der Waals surface area contributed by atoms with E-state index in [0.29, 0.717) is 6.42 Å². The minimum absolute atomic E-state index is 0.0743. The van der Waals surface area contributed by atoms with Crippen molar-refractivity contribution in [3.05, 3.63) is 35.9 Å². The van der Waals surface area contributed by atoms with Gasteiger partial charge in [-0.25, -0.2) is 0 Å². The van der Waals surface area contributed by atoms with Crippen LogP contribution in [0.25, 0.3) is 0 Å². The lowest BCUT2D eigenvalue weighted by Crippen LogP contribution is -2.35. The summed E-state index contributed by atoms with van der Waals surface area (Å²) in [5, 5.41) is 3.08. The van der Waals surface area contributed by atoms with Crippen LogP contribution in [0.1, 0.15) is 31.4 Å². The van der Waals surface area contributed by atoms with Crippen LogP contribution in [0.3, 0.4) is 0 Å². The Morgan fingerprint density at radius 1 is 1.29 bits per heavy atom. The average Bonchev–Trinajstić information content (AvgIpc) is 2.29. The third kappa shape index (κ3) is 5.00. The molecule has 0 aliphatic carbocycles. The lowest BCUT2D eigenvalue weighted by atomic mass is 10.1. The molecular weight excluding hydrogens is 212 g/mol. The van der Waals surface area contributed by atoms with Crippen LogP contribution >= 0.6 is 0 Å². The highest BCUT2D eigenvalue weighted by Gasteiger charge is 2.14. The Morgan fingerprint density at radius 2 is 1.94 bits per heavy atom. The molecule has 0 fully saturated rings. The molecule has 3 heteroatoms. The molecule has 0 aliphatic heterocycles. The Labute approximate surface area is 104 Å². The van der Waals surface area contributed by atoms with Gasteiger partial charge in [-0.3, -0.25) is 4.79 Å². The van der Waals surface area contributed by atoms with Gasteiger partial charge < -0.3 is 10.2 Å². The number of amides is 1. The van der Waals surface area contributed by atoms with Crippen molar-refractivity contribution in [3.63, 3.8) is 0 Å². The summed E-state index contributed by atoms with van der Waals surface area (Å²) in [6.07, 6.45) is 1.48. The largest absolute Gasteiger partial charge is 0.348 e. The van der Waals surface area contributed by atoms with Crippen molar-refractivity contribution in [2.75, 3.05) is 20.6 Å². The van der Waals surface area contributed by atoms with Gasteiger partial charge in [0.1, 0.15) is 0 Å². The molecule has 1 amide bonds. The van der Waals surface area contributed by atoms with Crippen LogP contribution in [0.4, 0.5) is 0 Å². The molecule has 1 rings (SSSR count). The Balaban J connectivity index is 2.70. The first kappa shape index (κ1) is 13.7. The fourth-order valence-electron chi connectivity index (χ4n) is 1.78. The number of benzene rings is 1. The van der Waals surface area contributed by atoms with Gasteiger partial charge in [0, 0.05) is 13.0 Å². The Hall–Kier alpha value is -1.35. The predicted molar refractivity (Wildman–Crippen MR) is 70.8 cm³/mol. The second-order valence-corrected chi connectivity index (χ2v) is 4.54. The topological polar surface area (TPSA) is 32.3 Å². The van der Waals surface area contributed by atoms with Crippen LogP contribution in [0.15, 0.2) is 30.3 Å². The Bertz CT molecular complexity index is 335. The molecule has 3 nitrogen and oxygen atoms in total. The maximum atomic E-state index is 11.7. The van der Waals surface area contributed by atoms with Crippen molar-refractivity contribution >= 4 is 5.91 Å². The minimum Gasteiger partial charge on any atom is -0.348 e. The molecule has 0 saturated carbocycles. The summed E-state index contributed by atoms with van der Waals surface area (Å²) < 4.78 is 0. The summed E-state index contributed by atoms with van der Waals surface area (Å²) in [6.45, 7) is 2.84. The molecule has 0 bridgehead atoms. The second kappa shape index (κ2) is 7.07. The van der Waals surface area contributed by atoms with Crippen molar-refractivity contribution in [3.8, 4) is 0 Å². The fraction of sp³-hybridized carbons (Fsp3) is 0.500. The minimum atomic E-state index is 0.0743. The van der Waals surface area contributed by atoms with Gasteiger partial charge in [0.25, 0.3) is 0 Å². The van der Waals surface area contributed by atoms with Crippen molar-refractivity contribution in [1.82, 2.24) is 10.2 Å². The summed E-state index contributed by atoms with van der Waals surface area (Å²) in [7, 11) is 4.03. The van der Waals surface area contributed by atoms with Crippen molar-refractivity contribution in [2.24, 2.45) is 0 Å². The summed E-state index contributed by atoms with van der Waals surface area (Å²) >= 11 is 0. The Morgan fingerprint density at radius 3 is 2.47 bits per heavy atom. The van der Waals surface area contributed by atoms with E-state index in [9.17, 15) is 4.79 Å². The van der Waals surface area contributed by atoms with E-state index in [1.807, 2.05) is 39.2 Å². The number of carbonyl (C=O) groups excluding carboxylic acids is 1. The SMILES string of the molecule is CCCC(=O)NC(CN(C)C)c1ccccc1. The van der Waals surface area contributed by atoms with Crippen LogP contribution in [0.2, 0.25) is 0 Å². The summed E-state index contributed by atoms with van der Waals surface area (Å²) in [5.41, 5.74) is 1.16. The summed E-state index contributed by atoms with van der Waals surface area (Å²) in [4.78, 5) is 13.8. The van der Waals surface area contributed by atoms with Crippen LogP contribution in [0.5, 0.6) is 0 Å². The van der Waals surface area contributed by atoms with E-state index in [-0.39, 0.29) is 11.9 Å². The highest BCUT2D eigenvalue weighted by Crippen LogP contribution is 2.13. The van der Waals surface area contributed by atoms with E-state index < -0.39 is 0 Å². The van der Waals surface area contributed by atoms with Gasteiger partial charge in [-0.05, 0) is 26.1 Å². The molecule has 0 radical (unpaired) electrons. The third-order valence-electron chi connectivity index (χ3n) is 2.56. The molecule has 1 atom stereocenters. The van der Waals surface area contributed by atoms with Gasteiger partial charge >= 0.3 is 0 Å². The van der Waals surface area contributed by atoms with Crippen LogP contribution in [0, 0.1) is 0 Å². The van der Waals surface area contributed by atoms with Crippen LogP contribution < -0.4 is 5.32 Å². The third-order valence-corrected chi connectivity index (χ3v) is 2.56. The number of hydrogen-bond acceptors (Lipinski definition) is 2. The van der Waals surface area contributed by atoms with Gasteiger partial charge in [-0.2, -0.15) is 0 Å². The van der Waals surface area contributed by atoms with Crippen molar-refractivity contribution < 1.29 is 4.79 Å². The molecule has 0 heterocycles. The molecule has 0 spiro atoms. The molecule has 17 heavy (non-hydrogen) atoms. The number of nitrogens with one attached hydrogen (secondary N) is 1. The predicted octanol–water partition coefficient (Wildman–Crippen LogP) is 2.21. The number of carbonyl (C=O) groups is 1. The fourth-order valence-corrected chi connectivity index (χ4v) is 1.78. The van der Waals surface area contributed by atoms with Crippen LogP contribution in [-0.4, -0.2) is 31.4 Å². The molecule has 1 aromatic carbocycles. The Kier molecular flexibility index (Phi) is 5.70. The molecule has 1 N–H and O–H groups in total. The molecule has 1 aromatic rings. The van der Waals surface area contributed by atoms with Gasteiger partial charge in [0.2, 0.25) is 5.91 Å². The quantitative estimate of drug-likeness (QED) is 0.818. The second-order valence-electron chi connectivity index (χ2n) is 4.54. The molecular formula is C14H22N2O. The van der Waals surface area contributed by atoms with Crippen LogP contribution in [-0.2, 0) is 4.79 Å². The number of hydrogen-bond donors (Lipinski definition) is 1. The zero-order valence-electron chi connectivity index (χ0n) is 10.9. The van der Waals surface area contributed by atoms with E-state index in [0.717, 1.165) is 18.5 Å². The maximum absolute atomic E-state index is 11.7. The van der Waals surface area contributed by atoms with Gasteiger partial charge in [-0.15, -0.1) is 0 Å². The average molecular weight is 234 g/mol. The zero-order chi connectivity index (χ0) is 12.7. The van der Waals surface area contributed by atoms with Gasteiger partial charge in [-0.1, -0.05) is 37.3 Å². The normalized spacial score (nSPS) is 12.5. The monoisotopic (exact) mass is 234 g/mol. The summed E-state index contributed by atoms with van der Waals surface area (Å²) in [6, 6.07) is 10.2. The molecule has 94 valence electrons. The summed E-state index contributed by atoms with van der Waals surface area (Å²) in [5.74, 6) is 0.128. The highest BCUT2D eigenvalue weighted by molar-refractivity contribution is 5.76. The first-order chi connectivity index (χ1) is 8.13. The lowest BCUT2D eigenvalue weighted by molar-refractivity contribution is -0.122. The molecule has 0 aliphatic rings. The van der Waals surface area contributed by atoms with Gasteiger partial charge in [0.05, 0.1) is 6.04 Å². The number of nitrogens with zero attached hydrogens (tertiary/aromatic N) is 1. The maximum Gasteiger partial charge on any atom is 0.220 e. The first-order valence-electron chi connectivity index (χ1n) is 6.12. The molecule has 0 saturated heterocycles. The van der Waals surface area contributed by atoms with E-state index in [4.69, 9.17) is 0 Å².